The van der Waals surface area contributed by atoms with Gasteiger partial charge in [0.25, 0.3) is 0 Å². The van der Waals surface area contributed by atoms with E-state index in [0.717, 1.165) is 13.0 Å². The fourth-order valence-electron chi connectivity index (χ4n) is 9.10. The van der Waals surface area contributed by atoms with Gasteiger partial charge in [-0.3, -0.25) is 9.88 Å². The summed E-state index contributed by atoms with van der Waals surface area (Å²) in [5, 5.41) is 3.68. The highest BCUT2D eigenvalue weighted by molar-refractivity contribution is 6.02. The Bertz CT molecular complexity index is 2230. The first-order chi connectivity index (χ1) is 27.3. The Morgan fingerprint density at radius 2 is 1.95 bits per heavy atom. The van der Waals surface area contributed by atoms with Crippen molar-refractivity contribution >= 4 is 39.6 Å². The summed E-state index contributed by atoms with van der Waals surface area (Å²) in [5.41, 5.74) is 4.39. The van der Waals surface area contributed by atoms with Crippen LogP contribution in [0, 0.1) is 17.6 Å². The number of nitrogens with two attached hydrogens (primary N) is 1. The van der Waals surface area contributed by atoms with Crippen molar-refractivity contribution in [2.45, 2.75) is 95.2 Å². The monoisotopic (exact) mass is 793 g/mol. The van der Waals surface area contributed by atoms with E-state index in [1.807, 2.05) is 13.8 Å². The van der Waals surface area contributed by atoms with Crippen molar-refractivity contribution in [3.05, 3.63) is 47.7 Å². The molecular formula is C41H47F4N7O5. The summed E-state index contributed by atoms with van der Waals surface area (Å²) < 4.78 is 81.2. The molecule has 6 bridgehead atoms. The van der Waals surface area contributed by atoms with E-state index < -0.39 is 53.2 Å². The Morgan fingerprint density at radius 1 is 1.14 bits per heavy atom. The second-order valence-corrected chi connectivity index (χ2v) is 16.4. The molecule has 2 aromatic heterocycles. The summed E-state index contributed by atoms with van der Waals surface area (Å²) in [6.45, 7) is 6.34. The van der Waals surface area contributed by atoms with Crippen molar-refractivity contribution in [1.29, 1.82) is 0 Å². The van der Waals surface area contributed by atoms with Gasteiger partial charge in [0.15, 0.2) is 5.82 Å². The number of anilines is 1. The number of halogens is 4. The summed E-state index contributed by atoms with van der Waals surface area (Å²) in [6.07, 6.45) is 0.910. The molecular weight excluding hydrogens is 746 g/mol. The van der Waals surface area contributed by atoms with E-state index in [9.17, 15) is 14.0 Å². The smallest absolute Gasteiger partial charge is 0.407 e. The molecule has 1 amide bonds. The molecule has 6 atom stereocenters. The Hall–Kier alpha value is -4.83. The molecule has 7 heterocycles. The Kier molecular flexibility index (Phi) is 10.4. The molecule has 16 heteroatoms. The van der Waals surface area contributed by atoms with Gasteiger partial charge < -0.3 is 30.2 Å². The third kappa shape index (κ3) is 7.41. The summed E-state index contributed by atoms with van der Waals surface area (Å²) in [6, 6.07) is 4.61. The number of aryl methyl sites for hydroxylation is 1. The van der Waals surface area contributed by atoms with Crippen LogP contribution in [0.5, 0.6) is 11.8 Å². The zero-order chi connectivity index (χ0) is 40.2. The fraction of sp³-hybridized carbons (Fsp3) is 0.537. The second-order valence-electron chi connectivity index (χ2n) is 16.4. The average Bonchev–Trinajstić information content (AvgIpc) is 3.70. The Morgan fingerprint density at radius 3 is 2.75 bits per heavy atom. The number of rotatable bonds is 7. The number of ether oxygens (including phenoxy) is 3. The summed E-state index contributed by atoms with van der Waals surface area (Å²) >= 11 is 0. The van der Waals surface area contributed by atoms with Crippen LogP contribution in [0.25, 0.3) is 32.9 Å². The van der Waals surface area contributed by atoms with Crippen molar-refractivity contribution in [1.82, 2.24) is 25.2 Å². The normalized spacial score (nSPS) is 26.2. The fourth-order valence-corrected chi connectivity index (χ4v) is 9.10. The number of benzene rings is 2. The van der Waals surface area contributed by atoms with E-state index in [1.165, 1.54) is 24.4 Å². The van der Waals surface area contributed by atoms with Crippen LogP contribution >= 0.6 is 0 Å². The van der Waals surface area contributed by atoms with Gasteiger partial charge in [0.1, 0.15) is 53.6 Å². The number of amides is 1. The molecule has 3 fully saturated rings. The van der Waals surface area contributed by atoms with Crippen LogP contribution in [-0.4, -0.2) is 101 Å². The first-order valence-electron chi connectivity index (χ1n) is 19.7. The average molecular weight is 794 g/mol. The minimum Gasteiger partial charge on any atom is -0.461 e. The number of alkyl carbamates (subject to hydrolysis) is 1. The van der Waals surface area contributed by atoms with Crippen LogP contribution in [0.2, 0.25) is 0 Å². The maximum Gasteiger partial charge on any atom is 0.407 e. The van der Waals surface area contributed by atoms with Crippen LogP contribution in [0.1, 0.15) is 64.9 Å². The molecule has 0 unspecified atom stereocenters. The molecule has 12 nitrogen and oxygen atoms in total. The van der Waals surface area contributed by atoms with Crippen molar-refractivity contribution in [2.75, 3.05) is 44.3 Å². The predicted molar refractivity (Wildman–Crippen MR) is 205 cm³/mol. The molecule has 57 heavy (non-hydrogen) atoms. The molecule has 0 radical (unpaired) electrons. The zero-order valence-corrected chi connectivity index (χ0v) is 32.3. The minimum absolute atomic E-state index is 0.0256. The van der Waals surface area contributed by atoms with Gasteiger partial charge in [-0.05, 0) is 79.6 Å². The molecule has 5 aliphatic heterocycles. The SMILES string of the molecule is CC[C@H](C)[C@@H](N)C(=O)Oc1cc2c3c(c(F)ccc3c1)CCCOC(=O)N[C@]1(C)C[C@@H](F)CN(C1)c1nc(OC[C@@]34CCCN3C[C@H](F)C4)nc3c(F)c-2ncc13. The lowest BCUT2D eigenvalue weighted by molar-refractivity contribution is -0.137. The van der Waals surface area contributed by atoms with Crippen LogP contribution in [0.4, 0.5) is 28.2 Å². The summed E-state index contributed by atoms with van der Waals surface area (Å²) in [7, 11) is 0. The predicted octanol–water partition coefficient (Wildman–Crippen LogP) is 6.34. The molecule has 9 rings (SSSR count). The third-order valence-corrected chi connectivity index (χ3v) is 12.2. The number of pyridine rings is 1. The number of aromatic nitrogens is 3. The van der Waals surface area contributed by atoms with Crippen LogP contribution in [-0.2, 0) is 16.0 Å². The number of piperidine rings is 1. The van der Waals surface area contributed by atoms with E-state index in [2.05, 4.69) is 25.2 Å². The number of alkyl halides is 2. The number of fused-ring (bicyclic) bond motifs is 7. The van der Waals surface area contributed by atoms with Gasteiger partial charge in [0, 0.05) is 37.7 Å². The number of carbonyl (C=O) groups is 2. The molecule has 3 N–H and O–H groups in total. The molecule has 0 aliphatic carbocycles. The summed E-state index contributed by atoms with van der Waals surface area (Å²) in [5.74, 6) is -2.19. The van der Waals surface area contributed by atoms with Gasteiger partial charge in [-0.2, -0.15) is 9.97 Å². The summed E-state index contributed by atoms with van der Waals surface area (Å²) in [4.78, 5) is 43.8. The molecule has 304 valence electrons. The van der Waals surface area contributed by atoms with Gasteiger partial charge in [-0.1, -0.05) is 26.3 Å². The highest BCUT2D eigenvalue weighted by Crippen LogP contribution is 2.43. The third-order valence-electron chi connectivity index (χ3n) is 12.2. The van der Waals surface area contributed by atoms with Crippen LogP contribution in [0.15, 0.2) is 30.5 Å². The van der Waals surface area contributed by atoms with Crippen molar-refractivity contribution in [2.24, 2.45) is 11.7 Å². The van der Waals surface area contributed by atoms with Gasteiger partial charge in [0.05, 0.1) is 29.6 Å². The number of hydrogen-bond donors (Lipinski definition) is 2. The highest BCUT2D eigenvalue weighted by Gasteiger charge is 2.49. The van der Waals surface area contributed by atoms with E-state index in [0.29, 0.717) is 30.2 Å². The number of esters is 1. The van der Waals surface area contributed by atoms with Crippen molar-refractivity contribution < 1.29 is 41.4 Å². The number of nitrogens with one attached hydrogen (secondary N) is 1. The van der Waals surface area contributed by atoms with Gasteiger partial charge >= 0.3 is 18.1 Å². The van der Waals surface area contributed by atoms with Crippen LogP contribution in [0.3, 0.4) is 0 Å². The number of nitrogens with zero attached hydrogens (tertiary/aromatic N) is 5. The van der Waals surface area contributed by atoms with Gasteiger partial charge in [-0.25, -0.2) is 27.2 Å². The molecule has 5 aliphatic rings. The zero-order valence-electron chi connectivity index (χ0n) is 32.3. The molecule has 0 saturated carbocycles. The van der Waals surface area contributed by atoms with E-state index in [-0.39, 0.29) is 103 Å². The molecule has 3 saturated heterocycles. The quantitative estimate of drug-likeness (QED) is 0.123. The van der Waals surface area contributed by atoms with E-state index >= 15 is 13.2 Å². The van der Waals surface area contributed by atoms with Crippen molar-refractivity contribution in [3.63, 3.8) is 0 Å². The lowest BCUT2D eigenvalue weighted by Crippen LogP contribution is -2.60. The van der Waals surface area contributed by atoms with Crippen molar-refractivity contribution in [3.8, 4) is 23.0 Å². The number of hydrogen-bond acceptors (Lipinski definition) is 11. The maximum atomic E-state index is 17.5. The number of carbonyl (C=O) groups excluding carboxylic acids is 2. The first kappa shape index (κ1) is 39.0. The minimum atomic E-state index is -1.42. The Labute approximate surface area is 327 Å². The van der Waals surface area contributed by atoms with E-state index in [4.69, 9.17) is 19.9 Å². The van der Waals surface area contributed by atoms with E-state index in [1.54, 1.807) is 17.9 Å². The van der Waals surface area contributed by atoms with Crippen LogP contribution < -0.4 is 25.4 Å². The highest BCUT2D eigenvalue weighted by atomic mass is 19.1. The largest absolute Gasteiger partial charge is 0.461 e. The molecule has 2 aromatic carbocycles. The standard InChI is InChI=1S/C41H47F4N7O5/c1-4-22(2)33(46)37(53)57-26-13-23-8-9-30(44)27-7-5-12-55-39(54)50-40(3)15-24(42)18-51(20-40)36-29-17-47-34(28(14-26)31(23)27)32(45)35(29)48-38(49-36)56-21-41-10-6-11-52(41)19-25(43)16-41/h8-9,13-14,17,22,24-25,33H,4-7,10-12,15-16,18-21,46H2,1-3H3,(H,50,54)/t22-,24+,25+,33+,40+,41-/m0/s1. The Balaban J connectivity index is 1.32. The lowest BCUT2D eigenvalue weighted by Gasteiger charge is -2.42. The lowest BCUT2D eigenvalue weighted by atomic mass is 9.90. The molecule has 4 aromatic rings. The van der Waals surface area contributed by atoms with Gasteiger partial charge in [0.2, 0.25) is 0 Å². The maximum absolute atomic E-state index is 17.5. The molecule has 0 spiro atoms. The van der Waals surface area contributed by atoms with Gasteiger partial charge in [-0.15, -0.1) is 0 Å². The topological polar surface area (TPSA) is 145 Å². The first-order valence-corrected chi connectivity index (χ1v) is 19.7. The second kappa shape index (κ2) is 15.2.